The first kappa shape index (κ1) is 13.1. The predicted molar refractivity (Wildman–Crippen MR) is 74.5 cm³/mol. The second-order valence-electron chi connectivity index (χ2n) is 4.62. The van der Waals surface area contributed by atoms with Crippen LogP contribution in [0.3, 0.4) is 0 Å². The summed E-state index contributed by atoms with van der Waals surface area (Å²) in [6, 6.07) is 2.12. The van der Waals surface area contributed by atoms with Gasteiger partial charge in [-0.25, -0.2) is 0 Å². The topological polar surface area (TPSA) is 55.1 Å². The molecule has 1 saturated carbocycles. The molecule has 0 saturated heterocycles. The zero-order valence-corrected chi connectivity index (χ0v) is 11.3. The van der Waals surface area contributed by atoms with E-state index < -0.39 is 0 Å². The van der Waals surface area contributed by atoms with E-state index in [4.69, 9.17) is 5.73 Å². The molecule has 1 amide bonds. The lowest BCUT2D eigenvalue weighted by Gasteiger charge is -2.31. The lowest BCUT2D eigenvalue weighted by atomic mass is 9.80. The fraction of sp³-hybridized carbons (Fsp3) is 0.500. The molecular formula is C14H18N2OS. The molecular weight excluding hydrogens is 244 g/mol. The summed E-state index contributed by atoms with van der Waals surface area (Å²) < 4.78 is 0. The SMILES string of the molecule is CC(NC(=O)c1sccc1C#CCN)C1CCC1. The van der Waals surface area contributed by atoms with E-state index in [1.54, 1.807) is 0 Å². The summed E-state index contributed by atoms with van der Waals surface area (Å²) >= 11 is 1.43. The summed E-state index contributed by atoms with van der Waals surface area (Å²) in [6.45, 7) is 2.40. The number of amides is 1. The number of hydrogen-bond donors (Lipinski definition) is 2. The molecule has 0 aromatic carbocycles. The van der Waals surface area contributed by atoms with Crippen LogP contribution in [-0.4, -0.2) is 18.5 Å². The number of carbonyl (C=O) groups excluding carboxylic acids is 1. The fourth-order valence-electron chi connectivity index (χ4n) is 2.06. The molecule has 1 aliphatic rings. The maximum Gasteiger partial charge on any atom is 0.262 e. The van der Waals surface area contributed by atoms with Gasteiger partial charge in [0.1, 0.15) is 4.88 Å². The van der Waals surface area contributed by atoms with E-state index in [1.807, 2.05) is 11.4 Å². The second kappa shape index (κ2) is 6.03. The highest BCUT2D eigenvalue weighted by Gasteiger charge is 2.26. The van der Waals surface area contributed by atoms with Crippen LogP contribution < -0.4 is 11.1 Å². The minimum absolute atomic E-state index is 0.00859. The minimum atomic E-state index is -0.00859. The van der Waals surface area contributed by atoms with Crippen LogP contribution >= 0.6 is 11.3 Å². The van der Waals surface area contributed by atoms with Crippen molar-refractivity contribution in [3.63, 3.8) is 0 Å². The Bertz CT molecular complexity index is 479. The van der Waals surface area contributed by atoms with E-state index in [9.17, 15) is 4.79 Å². The predicted octanol–water partition coefficient (Wildman–Crippen LogP) is 1.98. The molecule has 1 heterocycles. The normalized spacial score (nSPS) is 16.3. The van der Waals surface area contributed by atoms with Gasteiger partial charge in [0.2, 0.25) is 0 Å². The van der Waals surface area contributed by atoms with Gasteiger partial charge in [0.15, 0.2) is 0 Å². The van der Waals surface area contributed by atoms with Crippen molar-refractivity contribution in [1.29, 1.82) is 0 Å². The molecule has 1 fully saturated rings. The number of rotatable bonds is 3. The van der Waals surface area contributed by atoms with Gasteiger partial charge < -0.3 is 11.1 Å². The maximum atomic E-state index is 12.1. The molecule has 1 atom stereocenters. The van der Waals surface area contributed by atoms with Crippen molar-refractivity contribution in [2.75, 3.05) is 6.54 Å². The molecule has 3 nitrogen and oxygen atoms in total. The summed E-state index contributed by atoms with van der Waals surface area (Å²) in [7, 11) is 0. The zero-order valence-electron chi connectivity index (χ0n) is 10.5. The number of thiophene rings is 1. The van der Waals surface area contributed by atoms with Gasteiger partial charge in [-0.15, -0.1) is 11.3 Å². The van der Waals surface area contributed by atoms with Gasteiger partial charge in [0.25, 0.3) is 5.91 Å². The van der Waals surface area contributed by atoms with Crippen molar-refractivity contribution in [3.8, 4) is 11.8 Å². The molecule has 0 spiro atoms. The third-order valence-corrected chi connectivity index (χ3v) is 4.33. The molecule has 0 radical (unpaired) electrons. The largest absolute Gasteiger partial charge is 0.349 e. The molecule has 0 aliphatic heterocycles. The number of carbonyl (C=O) groups is 1. The van der Waals surface area contributed by atoms with E-state index in [-0.39, 0.29) is 11.9 Å². The number of hydrogen-bond acceptors (Lipinski definition) is 3. The van der Waals surface area contributed by atoms with Crippen molar-refractivity contribution in [1.82, 2.24) is 5.32 Å². The highest BCUT2D eigenvalue weighted by atomic mass is 32.1. The summed E-state index contributed by atoms with van der Waals surface area (Å²) in [5, 5.41) is 4.97. The van der Waals surface area contributed by atoms with E-state index in [0.29, 0.717) is 17.3 Å². The van der Waals surface area contributed by atoms with Gasteiger partial charge in [0, 0.05) is 11.6 Å². The highest BCUT2D eigenvalue weighted by Crippen LogP contribution is 2.29. The van der Waals surface area contributed by atoms with Crippen LogP contribution in [0.25, 0.3) is 0 Å². The standard InChI is InChI=1S/C14H18N2OS/c1-10(11-4-2-5-11)16-14(17)13-12(6-3-8-15)7-9-18-13/h7,9-11H,2,4-5,8,15H2,1H3,(H,16,17). The quantitative estimate of drug-likeness (QED) is 0.818. The van der Waals surface area contributed by atoms with Gasteiger partial charge in [-0.05, 0) is 37.1 Å². The van der Waals surface area contributed by atoms with Crippen LogP contribution in [0.1, 0.15) is 41.4 Å². The minimum Gasteiger partial charge on any atom is -0.349 e. The molecule has 1 aromatic rings. The van der Waals surface area contributed by atoms with Gasteiger partial charge in [-0.3, -0.25) is 4.79 Å². The van der Waals surface area contributed by atoms with E-state index in [1.165, 1.54) is 30.6 Å². The highest BCUT2D eigenvalue weighted by molar-refractivity contribution is 7.12. The lowest BCUT2D eigenvalue weighted by Crippen LogP contribution is -2.40. The summed E-state index contributed by atoms with van der Waals surface area (Å²) in [5.74, 6) is 6.36. The summed E-state index contributed by atoms with van der Waals surface area (Å²) in [5.41, 5.74) is 6.13. The average Bonchev–Trinajstić information content (AvgIpc) is 2.71. The van der Waals surface area contributed by atoms with E-state index in [2.05, 4.69) is 24.1 Å². The summed E-state index contributed by atoms with van der Waals surface area (Å²) in [4.78, 5) is 12.8. The third-order valence-electron chi connectivity index (χ3n) is 3.41. The van der Waals surface area contributed by atoms with Crippen molar-refractivity contribution >= 4 is 17.2 Å². The molecule has 18 heavy (non-hydrogen) atoms. The van der Waals surface area contributed by atoms with E-state index in [0.717, 1.165) is 5.56 Å². The van der Waals surface area contributed by atoms with E-state index >= 15 is 0 Å². The Morgan fingerprint density at radius 2 is 2.44 bits per heavy atom. The van der Waals surface area contributed by atoms with Crippen LogP contribution in [0.2, 0.25) is 0 Å². The summed E-state index contributed by atoms with van der Waals surface area (Å²) in [6.07, 6.45) is 3.74. The molecule has 1 aromatic heterocycles. The van der Waals surface area contributed by atoms with Gasteiger partial charge >= 0.3 is 0 Å². The first-order chi connectivity index (χ1) is 8.72. The molecule has 2 rings (SSSR count). The third kappa shape index (κ3) is 2.92. The Morgan fingerprint density at radius 3 is 3.06 bits per heavy atom. The van der Waals surface area contributed by atoms with Crippen molar-refractivity contribution in [2.45, 2.75) is 32.2 Å². The molecule has 4 heteroatoms. The second-order valence-corrected chi connectivity index (χ2v) is 5.54. The number of nitrogens with one attached hydrogen (secondary N) is 1. The number of nitrogens with two attached hydrogens (primary N) is 1. The average molecular weight is 262 g/mol. The Labute approximate surface area is 112 Å². The van der Waals surface area contributed by atoms with Crippen molar-refractivity contribution in [3.05, 3.63) is 21.9 Å². The molecule has 3 N–H and O–H groups in total. The lowest BCUT2D eigenvalue weighted by molar-refractivity contribution is 0.0913. The van der Waals surface area contributed by atoms with Gasteiger partial charge in [0.05, 0.1) is 6.54 Å². The van der Waals surface area contributed by atoms with Crippen LogP contribution in [0, 0.1) is 17.8 Å². The van der Waals surface area contributed by atoms with Crippen LogP contribution in [0.5, 0.6) is 0 Å². The van der Waals surface area contributed by atoms with Crippen LogP contribution in [0.15, 0.2) is 11.4 Å². The molecule has 1 unspecified atom stereocenters. The Balaban J connectivity index is 2.01. The Hall–Kier alpha value is -1.31. The van der Waals surface area contributed by atoms with Gasteiger partial charge in [-0.2, -0.15) is 0 Å². The smallest absolute Gasteiger partial charge is 0.262 e. The first-order valence-corrected chi connectivity index (χ1v) is 7.17. The molecule has 0 bridgehead atoms. The first-order valence-electron chi connectivity index (χ1n) is 6.29. The van der Waals surface area contributed by atoms with Crippen LogP contribution in [-0.2, 0) is 0 Å². The van der Waals surface area contributed by atoms with Gasteiger partial charge in [-0.1, -0.05) is 18.3 Å². The zero-order chi connectivity index (χ0) is 13.0. The monoisotopic (exact) mass is 262 g/mol. The molecule has 96 valence electrons. The molecule has 1 aliphatic carbocycles. The van der Waals surface area contributed by atoms with Crippen molar-refractivity contribution < 1.29 is 4.79 Å². The van der Waals surface area contributed by atoms with Crippen molar-refractivity contribution in [2.24, 2.45) is 11.7 Å². The Morgan fingerprint density at radius 1 is 1.67 bits per heavy atom. The maximum absolute atomic E-state index is 12.1. The fourth-order valence-corrected chi connectivity index (χ4v) is 2.81. The van der Waals surface area contributed by atoms with Crippen LogP contribution in [0.4, 0.5) is 0 Å². The Kier molecular flexibility index (Phi) is 4.40.